The lowest BCUT2D eigenvalue weighted by molar-refractivity contribution is 0.0513. The number of hydrogen-bond donors (Lipinski definition) is 2. The summed E-state index contributed by atoms with van der Waals surface area (Å²) in [7, 11) is 3.46. The van der Waals surface area contributed by atoms with Crippen LogP contribution in [0.5, 0.6) is 5.75 Å². The first-order valence-corrected chi connectivity index (χ1v) is 9.66. The average molecular weight is 386 g/mol. The number of rotatable bonds is 6. The number of aryl methyl sites for hydroxylation is 2. The van der Waals surface area contributed by atoms with Gasteiger partial charge >= 0.3 is 0 Å². The van der Waals surface area contributed by atoms with Crippen LogP contribution >= 0.6 is 0 Å². The van der Waals surface area contributed by atoms with Crippen LogP contribution in [0, 0.1) is 13.8 Å². The molecule has 0 unspecified atom stereocenters. The molecule has 2 aromatic rings. The highest BCUT2D eigenvalue weighted by Gasteiger charge is 2.34. The molecule has 1 aromatic heterocycles. The summed E-state index contributed by atoms with van der Waals surface area (Å²) >= 11 is 0. The molecule has 0 radical (unpaired) electrons. The maximum atomic E-state index is 5.63. The normalized spacial score (nSPS) is 16.6. The molecule has 152 valence electrons. The van der Waals surface area contributed by atoms with Crippen LogP contribution in [0.15, 0.2) is 33.7 Å². The van der Waals surface area contributed by atoms with E-state index in [1.807, 2.05) is 26.0 Å². The predicted octanol–water partition coefficient (Wildman–Crippen LogP) is 2.71. The van der Waals surface area contributed by atoms with E-state index < -0.39 is 0 Å². The minimum Gasteiger partial charge on any atom is -0.497 e. The Kier molecular flexibility index (Phi) is 6.57. The SMILES string of the molecule is CN=C(NCc1nc(C)c(C)o1)NCC1(c2ccc(OC)cc2)CCOCC1. The Bertz CT molecular complexity index is 773. The van der Waals surface area contributed by atoms with E-state index in [9.17, 15) is 0 Å². The Balaban J connectivity index is 1.66. The molecule has 1 aromatic carbocycles. The molecule has 7 heteroatoms. The molecule has 28 heavy (non-hydrogen) atoms. The van der Waals surface area contributed by atoms with Crippen molar-refractivity contribution in [3.05, 3.63) is 47.2 Å². The van der Waals surface area contributed by atoms with Gasteiger partial charge in [-0.15, -0.1) is 0 Å². The molecular weight excluding hydrogens is 356 g/mol. The molecular formula is C21H30N4O3. The molecule has 0 spiro atoms. The van der Waals surface area contributed by atoms with Crippen molar-refractivity contribution in [1.82, 2.24) is 15.6 Å². The van der Waals surface area contributed by atoms with Crippen molar-refractivity contribution < 1.29 is 13.9 Å². The molecule has 0 bridgehead atoms. The summed E-state index contributed by atoms with van der Waals surface area (Å²) in [5, 5.41) is 6.77. The third-order valence-electron chi connectivity index (χ3n) is 5.45. The minimum absolute atomic E-state index is 0.00174. The fraction of sp³-hybridized carbons (Fsp3) is 0.524. The molecule has 1 fully saturated rings. The van der Waals surface area contributed by atoms with Crippen molar-refractivity contribution in [2.45, 2.75) is 38.6 Å². The largest absolute Gasteiger partial charge is 0.497 e. The van der Waals surface area contributed by atoms with E-state index >= 15 is 0 Å². The maximum absolute atomic E-state index is 5.63. The van der Waals surface area contributed by atoms with Crippen LogP contribution < -0.4 is 15.4 Å². The lowest BCUT2D eigenvalue weighted by atomic mass is 9.74. The molecule has 2 heterocycles. The number of hydrogen-bond acceptors (Lipinski definition) is 5. The summed E-state index contributed by atoms with van der Waals surface area (Å²) in [6.07, 6.45) is 1.92. The second kappa shape index (κ2) is 9.10. The van der Waals surface area contributed by atoms with E-state index in [0.717, 1.165) is 55.8 Å². The van der Waals surface area contributed by atoms with Crippen LogP contribution in [-0.4, -0.2) is 44.9 Å². The fourth-order valence-corrected chi connectivity index (χ4v) is 3.52. The first kappa shape index (κ1) is 20.2. The van der Waals surface area contributed by atoms with Crippen LogP contribution in [0.1, 0.15) is 35.7 Å². The van der Waals surface area contributed by atoms with Gasteiger partial charge in [-0.3, -0.25) is 4.99 Å². The predicted molar refractivity (Wildman–Crippen MR) is 109 cm³/mol. The standard InChI is InChI=1S/C21H30N4O3/c1-15-16(2)28-19(25-15)13-23-20(22-3)24-14-21(9-11-27-12-10-21)17-5-7-18(26-4)8-6-17/h5-8H,9-14H2,1-4H3,(H2,22,23,24). The van der Waals surface area contributed by atoms with Crippen LogP contribution in [-0.2, 0) is 16.7 Å². The molecule has 2 N–H and O–H groups in total. The monoisotopic (exact) mass is 386 g/mol. The molecule has 0 amide bonds. The maximum Gasteiger partial charge on any atom is 0.214 e. The van der Waals surface area contributed by atoms with E-state index in [4.69, 9.17) is 13.9 Å². The first-order chi connectivity index (χ1) is 13.6. The van der Waals surface area contributed by atoms with Gasteiger partial charge in [-0.1, -0.05) is 12.1 Å². The van der Waals surface area contributed by atoms with Gasteiger partial charge in [0.05, 0.1) is 19.3 Å². The van der Waals surface area contributed by atoms with Crippen molar-refractivity contribution in [2.75, 3.05) is 33.9 Å². The van der Waals surface area contributed by atoms with Gasteiger partial charge in [0.2, 0.25) is 5.89 Å². The Labute approximate surface area is 166 Å². The molecule has 7 nitrogen and oxygen atoms in total. The topological polar surface area (TPSA) is 80.9 Å². The number of ether oxygens (including phenoxy) is 2. The molecule has 0 atom stereocenters. The van der Waals surface area contributed by atoms with Gasteiger partial charge in [0.15, 0.2) is 5.96 Å². The van der Waals surface area contributed by atoms with Crippen molar-refractivity contribution in [3.8, 4) is 5.75 Å². The second-order valence-electron chi connectivity index (χ2n) is 7.15. The zero-order chi connectivity index (χ0) is 20.0. The van der Waals surface area contributed by atoms with Gasteiger partial charge in [-0.25, -0.2) is 4.98 Å². The van der Waals surface area contributed by atoms with Crippen LogP contribution in [0.4, 0.5) is 0 Å². The number of aliphatic imine (C=N–C) groups is 1. The molecule has 3 rings (SSSR count). The Hall–Kier alpha value is -2.54. The average Bonchev–Trinajstić information content (AvgIpc) is 3.06. The zero-order valence-corrected chi connectivity index (χ0v) is 17.2. The van der Waals surface area contributed by atoms with Gasteiger partial charge in [0, 0.05) is 32.2 Å². The van der Waals surface area contributed by atoms with E-state index in [1.54, 1.807) is 14.2 Å². The number of aromatic nitrogens is 1. The number of nitrogens with zero attached hydrogens (tertiary/aromatic N) is 2. The molecule has 1 aliphatic rings. The van der Waals surface area contributed by atoms with E-state index in [0.29, 0.717) is 12.4 Å². The van der Waals surface area contributed by atoms with Gasteiger partial charge in [-0.05, 0) is 44.4 Å². The summed E-state index contributed by atoms with van der Waals surface area (Å²) in [6.45, 7) is 6.64. The molecule has 0 aliphatic carbocycles. The Morgan fingerprint density at radius 2 is 1.89 bits per heavy atom. The number of nitrogens with one attached hydrogen (secondary N) is 2. The Morgan fingerprint density at radius 1 is 1.18 bits per heavy atom. The summed E-state index contributed by atoms with van der Waals surface area (Å²) in [5.41, 5.74) is 2.21. The van der Waals surface area contributed by atoms with Crippen LogP contribution in [0.25, 0.3) is 0 Å². The third kappa shape index (κ3) is 4.65. The van der Waals surface area contributed by atoms with Crippen molar-refractivity contribution in [1.29, 1.82) is 0 Å². The van der Waals surface area contributed by atoms with Gasteiger partial charge in [0.25, 0.3) is 0 Å². The van der Waals surface area contributed by atoms with E-state index in [1.165, 1.54) is 5.56 Å². The number of benzene rings is 1. The summed E-state index contributed by atoms with van der Waals surface area (Å²) in [4.78, 5) is 8.75. The Morgan fingerprint density at radius 3 is 2.46 bits per heavy atom. The van der Waals surface area contributed by atoms with Crippen molar-refractivity contribution >= 4 is 5.96 Å². The quantitative estimate of drug-likeness (QED) is 0.587. The fourth-order valence-electron chi connectivity index (χ4n) is 3.52. The number of oxazole rings is 1. The highest BCUT2D eigenvalue weighted by molar-refractivity contribution is 5.79. The minimum atomic E-state index is -0.00174. The van der Waals surface area contributed by atoms with Crippen molar-refractivity contribution in [3.63, 3.8) is 0 Å². The summed E-state index contributed by atoms with van der Waals surface area (Å²) in [6, 6.07) is 8.35. The zero-order valence-electron chi connectivity index (χ0n) is 17.2. The highest BCUT2D eigenvalue weighted by Crippen LogP contribution is 2.35. The summed E-state index contributed by atoms with van der Waals surface area (Å²) < 4.78 is 16.6. The molecule has 1 aliphatic heterocycles. The summed E-state index contributed by atoms with van der Waals surface area (Å²) in [5.74, 6) is 3.11. The lowest BCUT2D eigenvalue weighted by Crippen LogP contribution is -2.47. The molecule has 0 saturated carbocycles. The molecule has 1 saturated heterocycles. The van der Waals surface area contributed by atoms with Gasteiger partial charge in [0.1, 0.15) is 11.5 Å². The number of methoxy groups -OCH3 is 1. The third-order valence-corrected chi connectivity index (χ3v) is 5.45. The second-order valence-corrected chi connectivity index (χ2v) is 7.15. The highest BCUT2D eigenvalue weighted by atomic mass is 16.5. The van der Waals surface area contributed by atoms with E-state index in [2.05, 4.69) is 32.7 Å². The van der Waals surface area contributed by atoms with Crippen molar-refractivity contribution in [2.24, 2.45) is 4.99 Å². The van der Waals surface area contributed by atoms with Crippen LogP contribution in [0.2, 0.25) is 0 Å². The lowest BCUT2D eigenvalue weighted by Gasteiger charge is -2.38. The number of guanidine groups is 1. The van der Waals surface area contributed by atoms with Gasteiger partial charge in [-0.2, -0.15) is 0 Å². The van der Waals surface area contributed by atoms with E-state index in [-0.39, 0.29) is 5.41 Å². The first-order valence-electron chi connectivity index (χ1n) is 9.66. The van der Waals surface area contributed by atoms with Crippen LogP contribution in [0.3, 0.4) is 0 Å². The van der Waals surface area contributed by atoms with Gasteiger partial charge < -0.3 is 24.5 Å². The smallest absolute Gasteiger partial charge is 0.214 e.